The average molecular weight is 452 g/mol. The summed E-state index contributed by atoms with van der Waals surface area (Å²) in [5.41, 5.74) is 1.47. The number of anilines is 1. The van der Waals surface area contributed by atoms with E-state index in [1.165, 1.54) is 6.07 Å². The van der Waals surface area contributed by atoms with Crippen molar-refractivity contribution in [3.8, 4) is 22.8 Å². The van der Waals surface area contributed by atoms with Gasteiger partial charge in [0.05, 0.1) is 24.1 Å². The molecule has 0 aliphatic rings. The zero-order valence-corrected chi connectivity index (χ0v) is 17.8. The summed E-state index contributed by atoms with van der Waals surface area (Å²) < 4.78 is 34.2. The first-order chi connectivity index (χ1) is 15.6. The molecule has 32 heavy (non-hydrogen) atoms. The van der Waals surface area contributed by atoms with Gasteiger partial charge in [-0.1, -0.05) is 42.1 Å². The molecule has 162 valence electrons. The normalized spacial score (nSPS) is 10.7. The number of methoxy groups -OCH3 is 1. The third kappa shape index (κ3) is 4.62. The number of thioether (sulfide) groups is 1. The molecule has 1 aromatic heterocycles. The Kier molecular flexibility index (Phi) is 6.46. The number of benzene rings is 3. The Bertz CT molecular complexity index is 1250. The fraction of sp³-hybridized carbons (Fsp3) is 0.0870. The van der Waals surface area contributed by atoms with Crippen molar-refractivity contribution in [1.29, 1.82) is 0 Å². The fourth-order valence-corrected chi connectivity index (χ4v) is 3.84. The van der Waals surface area contributed by atoms with Crippen LogP contribution in [0.3, 0.4) is 0 Å². The van der Waals surface area contributed by atoms with Crippen molar-refractivity contribution < 1.29 is 18.3 Å². The van der Waals surface area contributed by atoms with E-state index in [2.05, 4.69) is 15.5 Å². The van der Waals surface area contributed by atoms with Gasteiger partial charge in [-0.25, -0.2) is 8.78 Å². The Morgan fingerprint density at radius 3 is 2.53 bits per heavy atom. The van der Waals surface area contributed by atoms with Crippen LogP contribution in [0.5, 0.6) is 5.75 Å². The lowest BCUT2D eigenvalue weighted by molar-refractivity contribution is -0.113. The van der Waals surface area contributed by atoms with E-state index in [0.717, 1.165) is 29.1 Å². The Morgan fingerprint density at radius 2 is 1.78 bits per heavy atom. The maximum atomic E-state index is 13.8. The van der Waals surface area contributed by atoms with Crippen LogP contribution < -0.4 is 10.1 Å². The number of rotatable bonds is 7. The number of hydrogen-bond acceptors (Lipinski definition) is 5. The first kappa shape index (κ1) is 21.5. The van der Waals surface area contributed by atoms with Gasteiger partial charge in [0, 0.05) is 11.8 Å². The number of carbonyl (C=O) groups excluding carboxylic acids is 1. The number of ether oxygens (including phenoxy) is 1. The molecule has 0 unspecified atom stereocenters. The van der Waals surface area contributed by atoms with Gasteiger partial charge in [-0.05, 0) is 36.4 Å². The second-order valence-electron chi connectivity index (χ2n) is 6.64. The molecule has 1 N–H and O–H groups in total. The number of carbonyl (C=O) groups is 1. The number of amides is 1. The van der Waals surface area contributed by atoms with E-state index in [-0.39, 0.29) is 11.4 Å². The summed E-state index contributed by atoms with van der Waals surface area (Å²) in [6.45, 7) is 0. The summed E-state index contributed by atoms with van der Waals surface area (Å²) in [5.74, 6) is -0.863. The van der Waals surface area contributed by atoms with E-state index in [9.17, 15) is 13.6 Å². The van der Waals surface area contributed by atoms with Crippen LogP contribution in [0.1, 0.15) is 0 Å². The molecule has 0 aliphatic heterocycles. The lowest BCUT2D eigenvalue weighted by Crippen LogP contribution is -2.15. The van der Waals surface area contributed by atoms with Crippen molar-refractivity contribution >= 4 is 23.4 Å². The molecule has 9 heteroatoms. The zero-order chi connectivity index (χ0) is 22.5. The first-order valence-electron chi connectivity index (χ1n) is 9.58. The second-order valence-corrected chi connectivity index (χ2v) is 7.58. The number of aromatic nitrogens is 3. The lowest BCUT2D eigenvalue weighted by atomic mass is 10.2. The summed E-state index contributed by atoms with van der Waals surface area (Å²) in [6, 6.07) is 19.9. The zero-order valence-electron chi connectivity index (χ0n) is 17.0. The van der Waals surface area contributed by atoms with Gasteiger partial charge in [0.1, 0.15) is 17.4 Å². The van der Waals surface area contributed by atoms with Crippen LogP contribution in [0.15, 0.2) is 78.0 Å². The predicted octanol–water partition coefficient (Wildman–Crippen LogP) is 4.95. The Labute approximate surface area is 187 Å². The molecule has 4 aromatic rings. The van der Waals surface area contributed by atoms with Gasteiger partial charge in [0.2, 0.25) is 5.91 Å². The SMILES string of the molecule is COc1ccccc1-c1nnc(SCC(=O)Nc2ccc(F)cc2F)n1-c1ccccc1. The molecule has 0 saturated carbocycles. The van der Waals surface area contributed by atoms with E-state index in [1.54, 1.807) is 7.11 Å². The van der Waals surface area contributed by atoms with Gasteiger partial charge in [-0.2, -0.15) is 0 Å². The molecule has 4 rings (SSSR count). The largest absolute Gasteiger partial charge is 0.496 e. The van der Waals surface area contributed by atoms with Crippen LogP contribution in [0, 0.1) is 11.6 Å². The highest BCUT2D eigenvalue weighted by Crippen LogP contribution is 2.33. The van der Waals surface area contributed by atoms with E-state index in [1.807, 2.05) is 59.2 Å². The Hall–Kier alpha value is -3.72. The molecule has 1 heterocycles. The van der Waals surface area contributed by atoms with Crippen LogP contribution in [-0.2, 0) is 4.79 Å². The summed E-state index contributed by atoms with van der Waals surface area (Å²) in [5, 5.41) is 11.5. The molecule has 0 fully saturated rings. The first-order valence-corrected chi connectivity index (χ1v) is 10.6. The standard InChI is InChI=1S/C23H18F2N4O2S/c1-31-20-10-6-5-9-17(20)22-27-28-23(29(22)16-7-3-2-4-8-16)32-14-21(30)26-19-12-11-15(24)13-18(19)25/h2-13H,14H2,1H3,(H,26,30). The van der Waals surface area contributed by atoms with Crippen molar-refractivity contribution in [2.24, 2.45) is 0 Å². The van der Waals surface area contributed by atoms with Crippen LogP contribution in [0.2, 0.25) is 0 Å². The number of hydrogen-bond donors (Lipinski definition) is 1. The summed E-state index contributed by atoms with van der Waals surface area (Å²) >= 11 is 1.15. The number of nitrogens with one attached hydrogen (secondary N) is 1. The Morgan fingerprint density at radius 1 is 1.03 bits per heavy atom. The monoisotopic (exact) mass is 452 g/mol. The van der Waals surface area contributed by atoms with Gasteiger partial charge >= 0.3 is 0 Å². The molecular formula is C23H18F2N4O2S. The molecule has 0 aliphatic carbocycles. The van der Waals surface area contributed by atoms with E-state index in [4.69, 9.17) is 4.74 Å². The van der Waals surface area contributed by atoms with Gasteiger partial charge in [0.15, 0.2) is 11.0 Å². The Balaban J connectivity index is 1.61. The third-order valence-corrected chi connectivity index (χ3v) is 5.46. The molecule has 6 nitrogen and oxygen atoms in total. The smallest absolute Gasteiger partial charge is 0.234 e. The minimum absolute atomic E-state index is 0.0479. The van der Waals surface area contributed by atoms with Gasteiger partial charge < -0.3 is 10.1 Å². The van der Waals surface area contributed by atoms with Crippen molar-refractivity contribution in [3.05, 3.63) is 84.4 Å². The molecule has 3 aromatic carbocycles. The minimum atomic E-state index is -0.839. The van der Waals surface area contributed by atoms with E-state index in [0.29, 0.717) is 22.8 Å². The van der Waals surface area contributed by atoms with Crippen LogP contribution >= 0.6 is 11.8 Å². The van der Waals surface area contributed by atoms with Gasteiger partial charge in [0.25, 0.3) is 0 Å². The van der Waals surface area contributed by atoms with Crippen molar-refractivity contribution in [2.45, 2.75) is 5.16 Å². The molecular weight excluding hydrogens is 434 g/mol. The van der Waals surface area contributed by atoms with Gasteiger partial charge in [-0.3, -0.25) is 9.36 Å². The highest BCUT2D eigenvalue weighted by molar-refractivity contribution is 7.99. The molecule has 0 saturated heterocycles. The van der Waals surface area contributed by atoms with Crippen LogP contribution in [-0.4, -0.2) is 33.5 Å². The van der Waals surface area contributed by atoms with Gasteiger partial charge in [-0.15, -0.1) is 10.2 Å². The molecule has 0 spiro atoms. The third-order valence-electron chi connectivity index (χ3n) is 4.53. The van der Waals surface area contributed by atoms with E-state index >= 15 is 0 Å². The topological polar surface area (TPSA) is 69.0 Å². The minimum Gasteiger partial charge on any atom is -0.496 e. The predicted molar refractivity (Wildman–Crippen MR) is 119 cm³/mol. The molecule has 0 bridgehead atoms. The fourth-order valence-electron chi connectivity index (χ4n) is 3.08. The van der Waals surface area contributed by atoms with Crippen molar-refractivity contribution in [3.63, 3.8) is 0 Å². The molecule has 0 radical (unpaired) electrons. The van der Waals surface area contributed by atoms with E-state index < -0.39 is 17.5 Å². The maximum Gasteiger partial charge on any atom is 0.234 e. The van der Waals surface area contributed by atoms with Crippen molar-refractivity contribution in [1.82, 2.24) is 14.8 Å². The molecule has 1 amide bonds. The van der Waals surface area contributed by atoms with Crippen molar-refractivity contribution in [2.75, 3.05) is 18.2 Å². The van der Waals surface area contributed by atoms with Crippen LogP contribution in [0.25, 0.3) is 17.1 Å². The highest BCUT2D eigenvalue weighted by Gasteiger charge is 2.20. The summed E-state index contributed by atoms with van der Waals surface area (Å²) in [4.78, 5) is 12.4. The summed E-state index contributed by atoms with van der Waals surface area (Å²) in [6.07, 6.45) is 0. The number of halogens is 2. The highest BCUT2D eigenvalue weighted by atomic mass is 32.2. The average Bonchev–Trinajstić information content (AvgIpc) is 3.24. The number of para-hydroxylation sites is 2. The maximum absolute atomic E-state index is 13.8. The quantitative estimate of drug-likeness (QED) is 0.402. The lowest BCUT2D eigenvalue weighted by Gasteiger charge is -2.12. The molecule has 0 atom stereocenters. The summed E-state index contributed by atoms with van der Waals surface area (Å²) in [7, 11) is 1.58. The number of nitrogens with zero attached hydrogens (tertiary/aromatic N) is 3. The second kappa shape index (κ2) is 9.61. The van der Waals surface area contributed by atoms with Crippen LogP contribution in [0.4, 0.5) is 14.5 Å².